The number of aromatic hydroxyl groups is 1. The first-order chi connectivity index (χ1) is 11.4. The highest BCUT2D eigenvalue weighted by molar-refractivity contribution is 5.88. The quantitative estimate of drug-likeness (QED) is 0.690. The Morgan fingerprint density at radius 1 is 1.42 bits per heavy atom. The number of pyridine rings is 1. The lowest BCUT2D eigenvalue weighted by Crippen LogP contribution is -2.14. The van der Waals surface area contributed by atoms with Gasteiger partial charge < -0.3 is 9.52 Å². The maximum absolute atomic E-state index is 11.6. The Kier molecular flexibility index (Phi) is 3.54. The molecular weight excluding hydrogens is 312 g/mol. The average Bonchev–Trinajstić information content (AvgIpc) is 2.81. The second kappa shape index (κ2) is 5.55. The summed E-state index contributed by atoms with van der Waals surface area (Å²) in [7, 11) is 1.60. The van der Waals surface area contributed by atoms with Gasteiger partial charge in [-0.05, 0) is 24.6 Å². The van der Waals surface area contributed by atoms with Crippen LogP contribution in [0.1, 0.15) is 16.7 Å². The number of nitrogens with one attached hydrogen (secondary N) is 1. The molecule has 2 N–H and O–H groups in total. The lowest BCUT2D eigenvalue weighted by molar-refractivity contribution is 0.450. The molecule has 0 fully saturated rings. The van der Waals surface area contributed by atoms with E-state index >= 15 is 0 Å². The molecule has 24 heavy (non-hydrogen) atoms. The van der Waals surface area contributed by atoms with E-state index in [0.717, 1.165) is 0 Å². The number of benzene rings is 1. The standard InChI is InChI=1S/C16H12N4O4/c1-8-10(6-17)14(21)19-15(22)11(8)7-18-9-3-4-12-13(5-9)24-16(23)20(12)2/h3-5,7H,1-2H3,(H2,19,21,22). The second-order valence-corrected chi connectivity index (χ2v) is 5.17. The summed E-state index contributed by atoms with van der Waals surface area (Å²) in [4.78, 5) is 29.5. The molecular formula is C16H12N4O4. The molecule has 120 valence electrons. The molecule has 0 spiro atoms. The Balaban J connectivity index is 2.07. The fraction of sp³-hybridized carbons (Fsp3) is 0.125. The Morgan fingerprint density at radius 2 is 2.17 bits per heavy atom. The number of aliphatic imine (C=N–C) groups is 1. The molecule has 0 saturated carbocycles. The molecule has 0 amide bonds. The summed E-state index contributed by atoms with van der Waals surface area (Å²) < 4.78 is 6.46. The molecule has 8 nitrogen and oxygen atoms in total. The van der Waals surface area contributed by atoms with Gasteiger partial charge in [0.1, 0.15) is 11.6 Å². The van der Waals surface area contributed by atoms with Gasteiger partial charge in [-0.1, -0.05) is 0 Å². The monoisotopic (exact) mass is 324 g/mol. The van der Waals surface area contributed by atoms with E-state index < -0.39 is 11.3 Å². The van der Waals surface area contributed by atoms with E-state index in [1.807, 2.05) is 0 Å². The maximum atomic E-state index is 11.6. The first kappa shape index (κ1) is 15.3. The van der Waals surface area contributed by atoms with Crippen molar-refractivity contribution in [2.75, 3.05) is 0 Å². The number of oxazole rings is 1. The largest absolute Gasteiger partial charge is 0.494 e. The third-order valence-electron chi connectivity index (χ3n) is 3.72. The summed E-state index contributed by atoms with van der Waals surface area (Å²) in [5.74, 6) is -0.841. The predicted molar refractivity (Wildman–Crippen MR) is 86.9 cm³/mol. The number of aromatic amines is 1. The summed E-state index contributed by atoms with van der Waals surface area (Å²) >= 11 is 0. The Bertz CT molecular complexity index is 1140. The Hall–Kier alpha value is -3.60. The van der Waals surface area contributed by atoms with E-state index in [4.69, 9.17) is 9.68 Å². The van der Waals surface area contributed by atoms with Crippen LogP contribution in [0.3, 0.4) is 0 Å². The van der Waals surface area contributed by atoms with Crippen LogP contribution in [0.5, 0.6) is 5.88 Å². The lowest BCUT2D eigenvalue weighted by atomic mass is 10.1. The summed E-state index contributed by atoms with van der Waals surface area (Å²) in [6.45, 7) is 1.55. The van der Waals surface area contributed by atoms with Crippen LogP contribution in [-0.4, -0.2) is 20.9 Å². The molecule has 0 aliphatic rings. The van der Waals surface area contributed by atoms with Crippen molar-refractivity contribution >= 4 is 23.0 Å². The van der Waals surface area contributed by atoms with Crippen LogP contribution in [0.25, 0.3) is 11.1 Å². The van der Waals surface area contributed by atoms with Gasteiger partial charge in [-0.3, -0.25) is 19.3 Å². The van der Waals surface area contributed by atoms with Crippen molar-refractivity contribution in [2.45, 2.75) is 6.92 Å². The average molecular weight is 324 g/mol. The number of nitriles is 1. The van der Waals surface area contributed by atoms with Crippen LogP contribution in [0.15, 0.2) is 37.2 Å². The van der Waals surface area contributed by atoms with Gasteiger partial charge in [-0.2, -0.15) is 5.26 Å². The van der Waals surface area contributed by atoms with Crippen LogP contribution in [0.2, 0.25) is 0 Å². The minimum Gasteiger partial charge on any atom is -0.494 e. The molecule has 0 aliphatic carbocycles. The summed E-state index contributed by atoms with van der Waals surface area (Å²) in [6.07, 6.45) is 1.34. The smallest absolute Gasteiger partial charge is 0.419 e. The highest BCUT2D eigenvalue weighted by Crippen LogP contribution is 2.22. The fourth-order valence-electron chi connectivity index (χ4n) is 2.35. The van der Waals surface area contributed by atoms with E-state index in [2.05, 4.69) is 9.98 Å². The zero-order chi connectivity index (χ0) is 17.4. The van der Waals surface area contributed by atoms with E-state index in [1.165, 1.54) is 10.8 Å². The normalized spacial score (nSPS) is 11.2. The molecule has 0 saturated heterocycles. The minimum absolute atomic E-state index is 0.0845. The highest BCUT2D eigenvalue weighted by Gasteiger charge is 2.12. The lowest BCUT2D eigenvalue weighted by Gasteiger charge is -2.04. The van der Waals surface area contributed by atoms with Crippen molar-refractivity contribution in [3.8, 4) is 11.9 Å². The zero-order valence-corrected chi connectivity index (χ0v) is 12.8. The molecule has 0 bridgehead atoms. The minimum atomic E-state index is -0.655. The SMILES string of the molecule is Cc1c(C=Nc2ccc3c(c2)oc(=O)n3C)c(O)[nH]c(=O)c1C#N. The molecule has 0 atom stereocenters. The van der Waals surface area contributed by atoms with Crippen LogP contribution >= 0.6 is 0 Å². The van der Waals surface area contributed by atoms with E-state index in [9.17, 15) is 14.7 Å². The third kappa shape index (κ3) is 2.38. The van der Waals surface area contributed by atoms with Gasteiger partial charge in [-0.15, -0.1) is 0 Å². The molecule has 8 heteroatoms. The molecule has 2 aromatic heterocycles. The van der Waals surface area contributed by atoms with Gasteiger partial charge in [0.25, 0.3) is 5.56 Å². The van der Waals surface area contributed by atoms with Crippen molar-refractivity contribution in [3.05, 3.63) is 55.8 Å². The van der Waals surface area contributed by atoms with Gasteiger partial charge in [0.2, 0.25) is 5.88 Å². The Morgan fingerprint density at radius 3 is 2.88 bits per heavy atom. The Labute approximate surface area is 134 Å². The molecule has 0 aliphatic heterocycles. The number of hydrogen-bond donors (Lipinski definition) is 2. The van der Waals surface area contributed by atoms with Crippen molar-refractivity contribution < 1.29 is 9.52 Å². The van der Waals surface area contributed by atoms with Gasteiger partial charge in [0, 0.05) is 19.3 Å². The first-order valence-corrected chi connectivity index (χ1v) is 6.92. The number of aryl methyl sites for hydroxylation is 1. The summed E-state index contributed by atoms with van der Waals surface area (Å²) in [6, 6.07) is 6.74. The summed E-state index contributed by atoms with van der Waals surface area (Å²) in [5, 5.41) is 18.9. The fourth-order valence-corrected chi connectivity index (χ4v) is 2.35. The van der Waals surface area contributed by atoms with Crippen LogP contribution in [0, 0.1) is 18.3 Å². The van der Waals surface area contributed by atoms with Gasteiger partial charge >= 0.3 is 5.76 Å². The number of rotatable bonds is 2. The molecule has 3 aromatic rings. The van der Waals surface area contributed by atoms with E-state index in [1.54, 1.807) is 38.2 Å². The number of H-pyrrole nitrogens is 1. The third-order valence-corrected chi connectivity index (χ3v) is 3.72. The molecule has 2 heterocycles. The number of aromatic nitrogens is 2. The van der Waals surface area contributed by atoms with Gasteiger partial charge in [-0.25, -0.2) is 4.79 Å². The first-order valence-electron chi connectivity index (χ1n) is 6.92. The molecule has 1 aromatic carbocycles. The number of fused-ring (bicyclic) bond motifs is 1. The highest BCUT2D eigenvalue weighted by atomic mass is 16.4. The van der Waals surface area contributed by atoms with Crippen molar-refractivity contribution in [1.82, 2.24) is 9.55 Å². The maximum Gasteiger partial charge on any atom is 0.419 e. The molecule has 0 unspecified atom stereocenters. The topological polar surface area (TPSA) is 124 Å². The molecule has 0 radical (unpaired) electrons. The second-order valence-electron chi connectivity index (χ2n) is 5.17. The van der Waals surface area contributed by atoms with Crippen LogP contribution < -0.4 is 11.3 Å². The zero-order valence-electron chi connectivity index (χ0n) is 12.8. The van der Waals surface area contributed by atoms with Gasteiger partial charge in [0.15, 0.2) is 5.58 Å². The van der Waals surface area contributed by atoms with Crippen molar-refractivity contribution in [2.24, 2.45) is 12.0 Å². The summed E-state index contributed by atoms with van der Waals surface area (Å²) in [5.41, 5.74) is 1.33. The predicted octanol–water partition coefficient (Wildman–Crippen LogP) is 1.46. The van der Waals surface area contributed by atoms with E-state index in [-0.39, 0.29) is 17.0 Å². The van der Waals surface area contributed by atoms with Crippen molar-refractivity contribution in [3.63, 3.8) is 0 Å². The van der Waals surface area contributed by atoms with Crippen molar-refractivity contribution in [1.29, 1.82) is 5.26 Å². The molecule has 3 rings (SSSR count). The van der Waals surface area contributed by atoms with Crippen LogP contribution in [-0.2, 0) is 7.05 Å². The number of nitrogens with zero attached hydrogens (tertiary/aromatic N) is 3. The number of hydrogen-bond acceptors (Lipinski definition) is 6. The van der Waals surface area contributed by atoms with E-state index in [0.29, 0.717) is 22.4 Å². The van der Waals surface area contributed by atoms with Gasteiger partial charge in [0.05, 0.1) is 16.8 Å². The van der Waals surface area contributed by atoms with Crippen LogP contribution in [0.4, 0.5) is 5.69 Å².